The van der Waals surface area contributed by atoms with Gasteiger partial charge in [0.2, 0.25) is 9.84 Å². The highest BCUT2D eigenvalue weighted by Gasteiger charge is 2.15. The van der Waals surface area contributed by atoms with Gasteiger partial charge in [0.15, 0.2) is 0 Å². The maximum Gasteiger partial charge on any atom is 0.203 e. The molecule has 0 aliphatic carbocycles. The summed E-state index contributed by atoms with van der Waals surface area (Å²) in [5.41, 5.74) is 0.535. The summed E-state index contributed by atoms with van der Waals surface area (Å²) >= 11 is 5.88. The quantitative estimate of drug-likeness (QED) is 0.814. The van der Waals surface area contributed by atoms with Crippen molar-refractivity contribution in [2.45, 2.75) is 4.90 Å². The van der Waals surface area contributed by atoms with Crippen LogP contribution in [0.15, 0.2) is 52.9 Å². The molecule has 4 nitrogen and oxygen atoms in total. The Bertz CT molecular complexity index is 742. The van der Waals surface area contributed by atoms with Gasteiger partial charge in [0, 0.05) is 17.2 Å². The number of rotatable bonds is 4. The molecular weight excluding hydrogens is 298 g/mol. The number of pyridine rings is 1. The molecule has 0 aliphatic rings. The molecule has 6 heteroatoms. The maximum absolute atomic E-state index is 12.3. The van der Waals surface area contributed by atoms with Crippen LogP contribution in [0.25, 0.3) is 6.08 Å². The van der Waals surface area contributed by atoms with E-state index in [-0.39, 0.29) is 10.0 Å². The molecule has 0 radical (unpaired) electrons. The zero-order chi connectivity index (χ0) is 14.6. The number of halogens is 1. The number of aromatic nitrogens is 1. The first kappa shape index (κ1) is 14.6. The lowest BCUT2D eigenvalue weighted by atomic mass is 10.3. The van der Waals surface area contributed by atoms with Crippen LogP contribution in [0.4, 0.5) is 0 Å². The molecule has 1 aromatic heterocycles. The summed E-state index contributed by atoms with van der Waals surface area (Å²) in [5, 5.41) is 1.34. The Morgan fingerprint density at radius 3 is 2.65 bits per heavy atom. The zero-order valence-corrected chi connectivity index (χ0v) is 12.2. The van der Waals surface area contributed by atoms with Gasteiger partial charge in [-0.05, 0) is 24.3 Å². The van der Waals surface area contributed by atoms with E-state index in [1.54, 1.807) is 30.3 Å². The van der Waals surface area contributed by atoms with Crippen LogP contribution in [-0.2, 0) is 9.84 Å². The average molecular weight is 310 g/mol. The van der Waals surface area contributed by atoms with Crippen molar-refractivity contribution in [3.05, 3.63) is 58.7 Å². The summed E-state index contributed by atoms with van der Waals surface area (Å²) in [6, 6.07) is 9.80. The number of hydrogen-bond acceptors (Lipinski definition) is 4. The number of benzene rings is 1. The van der Waals surface area contributed by atoms with E-state index in [1.807, 2.05) is 0 Å². The number of para-hydroxylation sites is 1. The van der Waals surface area contributed by atoms with Crippen LogP contribution in [0.5, 0.6) is 5.75 Å². The number of sulfone groups is 1. The summed E-state index contributed by atoms with van der Waals surface area (Å²) < 4.78 is 29.6. The van der Waals surface area contributed by atoms with Crippen molar-refractivity contribution >= 4 is 27.5 Å². The third-order valence-corrected chi connectivity index (χ3v) is 4.35. The summed E-state index contributed by atoms with van der Waals surface area (Å²) in [5.74, 6) is 0.300. The van der Waals surface area contributed by atoms with Gasteiger partial charge < -0.3 is 4.74 Å². The Morgan fingerprint density at radius 2 is 1.95 bits per heavy atom. The van der Waals surface area contributed by atoms with E-state index in [4.69, 9.17) is 16.3 Å². The van der Waals surface area contributed by atoms with E-state index < -0.39 is 9.84 Å². The minimum atomic E-state index is -3.61. The molecule has 20 heavy (non-hydrogen) atoms. The van der Waals surface area contributed by atoms with Crippen molar-refractivity contribution < 1.29 is 13.2 Å². The Balaban J connectivity index is 2.39. The van der Waals surface area contributed by atoms with Gasteiger partial charge in [0.05, 0.1) is 7.11 Å². The van der Waals surface area contributed by atoms with Crippen LogP contribution in [0.3, 0.4) is 0 Å². The second-order valence-electron chi connectivity index (χ2n) is 3.88. The molecule has 0 amide bonds. The third-order valence-electron chi connectivity index (χ3n) is 2.59. The minimum Gasteiger partial charge on any atom is -0.495 e. The Kier molecular flexibility index (Phi) is 4.42. The molecule has 0 saturated heterocycles. The Morgan fingerprint density at radius 1 is 1.20 bits per heavy atom. The van der Waals surface area contributed by atoms with E-state index in [9.17, 15) is 8.42 Å². The van der Waals surface area contributed by atoms with Crippen LogP contribution in [0, 0.1) is 0 Å². The van der Waals surface area contributed by atoms with Crippen LogP contribution < -0.4 is 4.74 Å². The predicted octanol–water partition coefficient (Wildman–Crippen LogP) is 3.19. The van der Waals surface area contributed by atoms with Gasteiger partial charge in [-0.1, -0.05) is 29.8 Å². The highest BCUT2D eigenvalue weighted by Crippen LogP contribution is 2.25. The van der Waals surface area contributed by atoms with Gasteiger partial charge in [-0.15, -0.1) is 0 Å². The van der Waals surface area contributed by atoms with Crippen molar-refractivity contribution in [2.75, 3.05) is 7.11 Å². The molecule has 2 aromatic rings. The van der Waals surface area contributed by atoms with Crippen LogP contribution >= 0.6 is 11.6 Å². The molecule has 0 saturated carbocycles. The lowest BCUT2D eigenvalue weighted by molar-refractivity contribution is 0.403. The fourth-order valence-electron chi connectivity index (χ4n) is 1.61. The minimum absolute atomic E-state index is 0.110. The smallest absolute Gasteiger partial charge is 0.203 e. The molecule has 0 bridgehead atoms. The highest BCUT2D eigenvalue weighted by atomic mass is 35.5. The molecule has 0 spiro atoms. The molecule has 0 aliphatic heterocycles. The third kappa shape index (κ3) is 3.18. The van der Waals surface area contributed by atoms with Gasteiger partial charge in [0.1, 0.15) is 15.8 Å². The Labute approximate surface area is 122 Å². The normalized spacial score (nSPS) is 11.7. The molecule has 104 valence electrons. The molecule has 0 atom stereocenters. The van der Waals surface area contributed by atoms with Crippen molar-refractivity contribution in [2.24, 2.45) is 0 Å². The van der Waals surface area contributed by atoms with Crippen molar-refractivity contribution in [1.29, 1.82) is 0 Å². The zero-order valence-electron chi connectivity index (χ0n) is 10.7. The van der Waals surface area contributed by atoms with Crippen LogP contribution in [0.2, 0.25) is 5.15 Å². The van der Waals surface area contributed by atoms with Crippen LogP contribution in [-0.4, -0.2) is 20.5 Å². The molecule has 0 unspecified atom stereocenters. The number of nitrogens with zero attached hydrogens (tertiary/aromatic N) is 1. The van der Waals surface area contributed by atoms with E-state index in [0.717, 1.165) is 5.41 Å². The van der Waals surface area contributed by atoms with Gasteiger partial charge >= 0.3 is 0 Å². The maximum atomic E-state index is 12.3. The summed E-state index contributed by atoms with van der Waals surface area (Å²) in [6.45, 7) is 0. The second-order valence-corrected chi connectivity index (χ2v) is 6.04. The van der Waals surface area contributed by atoms with Gasteiger partial charge in [-0.3, -0.25) is 0 Å². The van der Waals surface area contributed by atoms with Gasteiger partial charge in [-0.2, -0.15) is 0 Å². The largest absolute Gasteiger partial charge is 0.495 e. The summed E-state index contributed by atoms with van der Waals surface area (Å²) in [7, 11) is -2.18. The highest BCUT2D eigenvalue weighted by molar-refractivity contribution is 7.94. The van der Waals surface area contributed by atoms with Gasteiger partial charge in [-0.25, -0.2) is 13.4 Å². The lowest BCUT2D eigenvalue weighted by Gasteiger charge is -2.06. The van der Waals surface area contributed by atoms with E-state index in [0.29, 0.717) is 11.3 Å². The SMILES string of the molecule is COc1ccccc1S(=O)(=O)C=Cc1cccnc1Cl. The predicted molar refractivity (Wildman–Crippen MR) is 78.5 cm³/mol. The first-order valence-corrected chi connectivity index (χ1v) is 7.64. The fraction of sp³-hybridized carbons (Fsp3) is 0.0714. The molecular formula is C14H12ClNO3S. The molecule has 1 aromatic carbocycles. The Hall–Kier alpha value is -1.85. The molecule has 0 N–H and O–H groups in total. The topological polar surface area (TPSA) is 56.3 Å². The number of hydrogen-bond donors (Lipinski definition) is 0. The lowest BCUT2D eigenvalue weighted by Crippen LogP contribution is -1.99. The van der Waals surface area contributed by atoms with Crippen molar-refractivity contribution in [3.63, 3.8) is 0 Å². The van der Waals surface area contributed by atoms with Crippen LogP contribution in [0.1, 0.15) is 5.56 Å². The van der Waals surface area contributed by atoms with Gasteiger partial charge in [0.25, 0.3) is 0 Å². The number of methoxy groups -OCH3 is 1. The first-order chi connectivity index (χ1) is 9.54. The molecule has 2 rings (SSSR count). The molecule has 0 fully saturated rings. The van der Waals surface area contributed by atoms with Crippen molar-refractivity contribution in [1.82, 2.24) is 4.98 Å². The van der Waals surface area contributed by atoms with E-state index >= 15 is 0 Å². The summed E-state index contributed by atoms with van der Waals surface area (Å²) in [4.78, 5) is 3.99. The summed E-state index contributed by atoms with van der Waals surface area (Å²) in [6.07, 6.45) is 2.95. The monoisotopic (exact) mass is 309 g/mol. The van der Waals surface area contributed by atoms with E-state index in [1.165, 1.54) is 25.4 Å². The number of ether oxygens (including phenoxy) is 1. The van der Waals surface area contributed by atoms with Crippen molar-refractivity contribution in [3.8, 4) is 5.75 Å². The second kappa shape index (κ2) is 6.07. The standard InChI is InChI=1S/C14H12ClNO3S/c1-19-12-6-2-3-7-13(12)20(17,18)10-8-11-5-4-9-16-14(11)15/h2-10H,1H3. The fourth-order valence-corrected chi connectivity index (χ4v) is 2.97. The molecule has 1 heterocycles. The first-order valence-electron chi connectivity index (χ1n) is 5.71. The average Bonchev–Trinajstić information content (AvgIpc) is 2.46. The van der Waals surface area contributed by atoms with E-state index in [2.05, 4.69) is 4.98 Å².